The molecule has 1 rings (SSSR count). The number of hydrogen-bond acceptors (Lipinski definition) is 2. The van der Waals surface area contributed by atoms with Crippen molar-refractivity contribution in [3.8, 4) is 0 Å². The average molecular weight is 185 g/mol. The van der Waals surface area contributed by atoms with Gasteiger partial charge in [-0.1, -0.05) is 18.5 Å². The first kappa shape index (κ1) is 9.49. The zero-order valence-corrected chi connectivity index (χ0v) is 8.10. The monoisotopic (exact) mass is 184 g/mol. The van der Waals surface area contributed by atoms with Gasteiger partial charge in [0.2, 0.25) is 0 Å². The van der Waals surface area contributed by atoms with Crippen LogP contribution in [0.5, 0.6) is 0 Å². The molecule has 0 amide bonds. The maximum absolute atomic E-state index is 5.82. The fourth-order valence-electron chi connectivity index (χ4n) is 1.07. The number of nitrogens with one attached hydrogen (secondary N) is 1. The minimum atomic E-state index is 0.272. The van der Waals surface area contributed by atoms with Gasteiger partial charge < -0.3 is 5.32 Å². The van der Waals surface area contributed by atoms with Gasteiger partial charge in [0.25, 0.3) is 0 Å². The molecule has 0 spiro atoms. The van der Waals surface area contributed by atoms with Crippen molar-refractivity contribution in [3.63, 3.8) is 0 Å². The maximum atomic E-state index is 5.82. The standard InChI is InChI=1S/C9H13ClN2/c1-3-11-7(2)9-6-8(10)4-5-12-9/h4-7,11H,3H2,1-2H3. The molecular weight excluding hydrogens is 172 g/mol. The van der Waals surface area contributed by atoms with Gasteiger partial charge in [-0.2, -0.15) is 0 Å². The van der Waals surface area contributed by atoms with E-state index in [1.54, 1.807) is 12.3 Å². The molecule has 0 aliphatic carbocycles. The SMILES string of the molecule is CCNC(C)c1cc(Cl)ccn1. The number of nitrogens with zero attached hydrogens (tertiary/aromatic N) is 1. The first-order chi connectivity index (χ1) is 5.74. The number of halogens is 1. The topological polar surface area (TPSA) is 24.9 Å². The summed E-state index contributed by atoms with van der Waals surface area (Å²) in [4.78, 5) is 4.21. The van der Waals surface area contributed by atoms with Crippen LogP contribution in [0.25, 0.3) is 0 Å². The molecule has 1 heterocycles. The fourth-order valence-corrected chi connectivity index (χ4v) is 1.24. The van der Waals surface area contributed by atoms with Crippen LogP contribution in [-0.4, -0.2) is 11.5 Å². The second-order valence-corrected chi connectivity index (χ2v) is 3.11. The van der Waals surface area contributed by atoms with Crippen molar-refractivity contribution in [2.45, 2.75) is 19.9 Å². The first-order valence-electron chi connectivity index (χ1n) is 4.09. The molecule has 2 nitrogen and oxygen atoms in total. The Kier molecular flexibility index (Phi) is 3.50. The molecule has 0 radical (unpaired) electrons. The predicted molar refractivity (Wildman–Crippen MR) is 51.3 cm³/mol. The molecule has 0 saturated carbocycles. The summed E-state index contributed by atoms with van der Waals surface area (Å²) in [6.45, 7) is 5.08. The Morgan fingerprint density at radius 1 is 1.67 bits per heavy atom. The number of rotatable bonds is 3. The third kappa shape index (κ3) is 2.47. The lowest BCUT2D eigenvalue weighted by Gasteiger charge is -2.10. The summed E-state index contributed by atoms with van der Waals surface area (Å²) in [5.41, 5.74) is 0.990. The fraction of sp³-hybridized carbons (Fsp3) is 0.444. The third-order valence-corrected chi connectivity index (χ3v) is 1.93. The van der Waals surface area contributed by atoms with Gasteiger partial charge in [0.1, 0.15) is 0 Å². The quantitative estimate of drug-likeness (QED) is 0.781. The van der Waals surface area contributed by atoms with Crippen LogP contribution >= 0.6 is 11.6 Å². The zero-order chi connectivity index (χ0) is 8.97. The van der Waals surface area contributed by atoms with Gasteiger partial charge >= 0.3 is 0 Å². The van der Waals surface area contributed by atoms with Gasteiger partial charge in [-0.15, -0.1) is 0 Å². The van der Waals surface area contributed by atoms with E-state index in [0.717, 1.165) is 17.3 Å². The molecule has 0 fully saturated rings. The minimum Gasteiger partial charge on any atom is -0.309 e. The Hall–Kier alpha value is -0.600. The number of aromatic nitrogens is 1. The van der Waals surface area contributed by atoms with Crippen molar-refractivity contribution in [2.24, 2.45) is 0 Å². The molecule has 1 aromatic heterocycles. The molecule has 1 N–H and O–H groups in total. The summed E-state index contributed by atoms with van der Waals surface area (Å²) in [6.07, 6.45) is 1.73. The molecule has 0 aliphatic heterocycles. The molecule has 0 saturated heterocycles. The Labute approximate surface area is 78.0 Å². The van der Waals surface area contributed by atoms with E-state index in [4.69, 9.17) is 11.6 Å². The van der Waals surface area contributed by atoms with Crippen LogP contribution in [0.4, 0.5) is 0 Å². The second-order valence-electron chi connectivity index (χ2n) is 2.68. The van der Waals surface area contributed by atoms with E-state index >= 15 is 0 Å². The average Bonchev–Trinajstić information content (AvgIpc) is 2.05. The van der Waals surface area contributed by atoms with Gasteiger partial charge in [-0.05, 0) is 25.6 Å². The van der Waals surface area contributed by atoms with E-state index in [1.807, 2.05) is 6.07 Å². The molecule has 1 unspecified atom stereocenters. The molecule has 1 atom stereocenters. The smallest absolute Gasteiger partial charge is 0.0585 e. The van der Waals surface area contributed by atoms with Gasteiger partial charge in [-0.3, -0.25) is 4.98 Å². The second kappa shape index (κ2) is 4.43. The van der Waals surface area contributed by atoms with Gasteiger partial charge in [0.05, 0.1) is 5.69 Å². The van der Waals surface area contributed by atoms with Crippen LogP contribution in [0.3, 0.4) is 0 Å². The molecule has 66 valence electrons. The van der Waals surface area contributed by atoms with Crippen molar-refractivity contribution >= 4 is 11.6 Å². The predicted octanol–water partition coefficient (Wildman–Crippen LogP) is 2.41. The Bertz CT molecular complexity index is 250. The van der Waals surface area contributed by atoms with Crippen LogP contribution in [0.1, 0.15) is 25.6 Å². The van der Waals surface area contributed by atoms with E-state index in [9.17, 15) is 0 Å². The third-order valence-electron chi connectivity index (χ3n) is 1.70. The maximum Gasteiger partial charge on any atom is 0.0585 e. The Balaban J connectivity index is 2.73. The molecular formula is C9H13ClN2. The van der Waals surface area contributed by atoms with E-state index in [2.05, 4.69) is 24.1 Å². The van der Waals surface area contributed by atoms with E-state index in [-0.39, 0.29) is 6.04 Å². The van der Waals surface area contributed by atoms with Crippen LogP contribution < -0.4 is 5.32 Å². The highest BCUT2D eigenvalue weighted by Gasteiger charge is 2.04. The molecule has 3 heteroatoms. The lowest BCUT2D eigenvalue weighted by Crippen LogP contribution is -2.18. The minimum absolute atomic E-state index is 0.272. The van der Waals surface area contributed by atoms with Gasteiger partial charge in [0.15, 0.2) is 0 Å². The van der Waals surface area contributed by atoms with Crippen molar-refractivity contribution in [1.29, 1.82) is 0 Å². The highest BCUT2D eigenvalue weighted by molar-refractivity contribution is 6.30. The number of pyridine rings is 1. The molecule has 1 aromatic rings. The van der Waals surface area contributed by atoms with Crippen molar-refractivity contribution < 1.29 is 0 Å². The van der Waals surface area contributed by atoms with E-state index in [1.165, 1.54) is 0 Å². The normalized spacial score (nSPS) is 12.9. The van der Waals surface area contributed by atoms with Crippen molar-refractivity contribution in [2.75, 3.05) is 6.54 Å². The van der Waals surface area contributed by atoms with Gasteiger partial charge in [0, 0.05) is 17.3 Å². The van der Waals surface area contributed by atoms with Crippen molar-refractivity contribution in [1.82, 2.24) is 10.3 Å². The summed E-state index contributed by atoms with van der Waals surface area (Å²) >= 11 is 5.82. The summed E-state index contributed by atoms with van der Waals surface area (Å²) < 4.78 is 0. The Morgan fingerprint density at radius 2 is 2.42 bits per heavy atom. The molecule has 0 aromatic carbocycles. The lowest BCUT2D eigenvalue weighted by molar-refractivity contribution is 0.583. The summed E-state index contributed by atoms with van der Waals surface area (Å²) in [5.74, 6) is 0. The van der Waals surface area contributed by atoms with Crippen LogP contribution in [0.2, 0.25) is 5.02 Å². The van der Waals surface area contributed by atoms with Crippen molar-refractivity contribution in [3.05, 3.63) is 29.0 Å². The number of hydrogen-bond donors (Lipinski definition) is 1. The van der Waals surface area contributed by atoms with Gasteiger partial charge in [-0.25, -0.2) is 0 Å². The van der Waals surface area contributed by atoms with E-state index in [0.29, 0.717) is 0 Å². The largest absolute Gasteiger partial charge is 0.309 e. The Morgan fingerprint density at radius 3 is 3.00 bits per heavy atom. The zero-order valence-electron chi connectivity index (χ0n) is 7.34. The molecule has 0 aliphatic rings. The van der Waals surface area contributed by atoms with Crippen LogP contribution in [0, 0.1) is 0 Å². The highest BCUT2D eigenvalue weighted by atomic mass is 35.5. The summed E-state index contributed by atoms with van der Waals surface area (Å²) in [6, 6.07) is 3.94. The lowest BCUT2D eigenvalue weighted by atomic mass is 10.2. The van der Waals surface area contributed by atoms with E-state index < -0.39 is 0 Å². The highest BCUT2D eigenvalue weighted by Crippen LogP contribution is 2.13. The van der Waals surface area contributed by atoms with Crippen LogP contribution in [0.15, 0.2) is 18.3 Å². The first-order valence-corrected chi connectivity index (χ1v) is 4.46. The summed E-state index contributed by atoms with van der Waals surface area (Å²) in [7, 11) is 0. The molecule has 0 bridgehead atoms. The molecule has 12 heavy (non-hydrogen) atoms. The van der Waals surface area contributed by atoms with Crippen LogP contribution in [-0.2, 0) is 0 Å². The summed E-state index contributed by atoms with van der Waals surface area (Å²) in [5, 5.41) is 4.01.